The van der Waals surface area contributed by atoms with Gasteiger partial charge in [0.25, 0.3) is 0 Å². The molecular formula is C29H31NO10. The van der Waals surface area contributed by atoms with Crippen LogP contribution in [0.25, 0.3) is 0 Å². The topological polar surface area (TPSA) is 157 Å². The molecule has 2 aliphatic rings. The number of carboxylic acids is 2. The molecule has 40 heavy (non-hydrogen) atoms. The Hall–Kier alpha value is -4.51. The molecule has 2 aromatic rings. The van der Waals surface area contributed by atoms with Gasteiger partial charge in [-0.25, -0.2) is 24.0 Å². The summed E-state index contributed by atoms with van der Waals surface area (Å²) < 4.78 is 14.6. The van der Waals surface area contributed by atoms with E-state index in [4.69, 9.17) is 14.2 Å². The Kier molecular flexibility index (Phi) is 10.5. The zero-order valence-electron chi connectivity index (χ0n) is 22.1. The van der Waals surface area contributed by atoms with Crippen LogP contribution in [0.2, 0.25) is 0 Å². The van der Waals surface area contributed by atoms with Crippen LogP contribution >= 0.6 is 0 Å². The van der Waals surface area contributed by atoms with Crippen LogP contribution in [0.1, 0.15) is 46.9 Å². The van der Waals surface area contributed by atoms with Crippen LogP contribution in [0.5, 0.6) is 0 Å². The lowest BCUT2D eigenvalue weighted by Gasteiger charge is -2.30. The van der Waals surface area contributed by atoms with Crippen LogP contribution in [0, 0.1) is 0 Å². The third kappa shape index (κ3) is 7.54. The molecule has 1 fully saturated rings. The quantitative estimate of drug-likeness (QED) is 0.348. The number of rotatable bonds is 9. The summed E-state index contributed by atoms with van der Waals surface area (Å²) in [5, 5.41) is 18.5. The number of hydrogen-bond donors (Lipinski definition) is 2. The third-order valence-electron chi connectivity index (χ3n) is 6.57. The molecule has 2 aliphatic heterocycles. The van der Waals surface area contributed by atoms with Gasteiger partial charge in [0.2, 0.25) is 12.2 Å². The van der Waals surface area contributed by atoms with E-state index >= 15 is 0 Å². The molecule has 0 radical (unpaired) electrons. The summed E-state index contributed by atoms with van der Waals surface area (Å²) in [4.78, 5) is 60.8. The summed E-state index contributed by atoms with van der Waals surface area (Å²) in [5.41, 5.74) is 0.928. The zero-order valence-corrected chi connectivity index (χ0v) is 22.1. The smallest absolute Gasteiger partial charge is 0.349 e. The maximum absolute atomic E-state index is 12.0. The van der Waals surface area contributed by atoms with Crippen molar-refractivity contribution in [2.24, 2.45) is 0 Å². The molecule has 0 amide bonds. The van der Waals surface area contributed by atoms with Crippen molar-refractivity contribution in [2.75, 3.05) is 13.7 Å². The van der Waals surface area contributed by atoms with E-state index in [1.54, 1.807) is 12.1 Å². The summed E-state index contributed by atoms with van der Waals surface area (Å²) in [6.07, 6.45) is 0.953. The molecule has 4 rings (SSSR count). The highest BCUT2D eigenvalue weighted by Gasteiger charge is 2.41. The van der Waals surface area contributed by atoms with Gasteiger partial charge in [-0.15, -0.1) is 0 Å². The predicted octanol–water partition coefficient (Wildman–Crippen LogP) is 2.95. The minimum atomic E-state index is -2.21. The number of benzene rings is 2. The van der Waals surface area contributed by atoms with Crippen LogP contribution in [-0.2, 0) is 28.6 Å². The molecule has 11 nitrogen and oxygen atoms in total. The van der Waals surface area contributed by atoms with Crippen molar-refractivity contribution in [1.82, 2.24) is 4.90 Å². The second kappa shape index (κ2) is 14.0. The van der Waals surface area contributed by atoms with Gasteiger partial charge in [-0.05, 0) is 57.5 Å². The Morgan fingerprint density at radius 3 is 1.70 bits per heavy atom. The Morgan fingerprint density at radius 1 is 0.800 bits per heavy atom. The van der Waals surface area contributed by atoms with Gasteiger partial charge in [0.05, 0.1) is 23.3 Å². The Labute approximate surface area is 230 Å². The number of hydrogen-bond acceptors (Lipinski definition) is 9. The van der Waals surface area contributed by atoms with Crippen molar-refractivity contribution in [2.45, 2.75) is 50.5 Å². The number of aliphatic carboxylic acids is 2. The summed E-state index contributed by atoms with van der Waals surface area (Å²) >= 11 is 0. The Balaban J connectivity index is 0.000000263. The zero-order chi connectivity index (χ0) is 29.2. The number of fused-ring (bicyclic) bond motifs is 2. The first-order chi connectivity index (χ1) is 19.1. The van der Waals surface area contributed by atoms with E-state index < -0.39 is 36.1 Å². The standard InChI is InChI=1S/C18H14O8.C11H17NO2/c19-15(20)13(25-17(23)11-7-3-1-4-8-11)14(16(21)22)26-18(24)12-9-5-2-6-10-12;1-3-14-11(13)9-6-4-8-5-7-10(9)12(8)2/h1-10,13-14H,(H,19,20)(H,21,22);6,8,10H,3-5,7H2,1-2H3/t13-,14-;8-,10?/m00/s1. The normalized spacial score (nSPS) is 19.1. The highest BCUT2D eigenvalue weighted by atomic mass is 16.6. The van der Waals surface area contributed by atoms with Crippen LogP contribution in [0.3, 0.4) is 0 Å². The van der Waals surface area contributed by atoms with Gasteiger partial charge in [-0.2, -0.15) is 0 Å². The summed E-state index contributed by atoms with van der Waals surface area (Å²) in [5.74, 6) is -5.75. The average molecular weight is 554 g/mol. The second-order valence-electron chi connectivity index (χ2n) is 9.09. The molecule has 2 heterocycles. The summed E-state index contributed by atoms with van der Waals surface area (Å²) in [7, 11) is 2.11. The minimum Gasteiger partial charge on any atom is -0.478 e. The van der Waals surface area contributed by atoms with Crippen LogP contribution in [-0.4, -0.2) is 82.9 Å². The molecule has 212 valence electrons. The molecule has 2 N–H and O–H groups in total. The van der Waals surface area contributed by atoms with Crippen molar-refractivity contribution in [3.8, 4) is 0 Å². The van der Waals surface area contributed by atoms with Crippen molar-refractivity contribution >= 4 is 29.8 Å². The van der Waals surface area contributed by atoms with Crippen LogP contribution < -0.4 is 0 Å². The molecule has 2 aromatic carbocycles. The molecule has 1 unspecified atom stereocenters. The fourth-order valence-electron chi connectivity index (χ4n) is 4.50. The van der Waals surface area contributed by atoms with E-state index in [2.05, 4.69) is 18.0 Å². The van der Waals surface area contributed by atoms with E-state index in [9.17, 15) is 34.2 Å². The van der Waals surface area contributed by atoms with Gasteiger partial charge in [-0.3, -0.25) is 4.90 Å². The average Bonchev–Trinajstić information content (AvgIpc) is 3.16. The van der Waals surface area contributed by atoms with Crippen LogP contribution in [0.15, 0.2) is 72.3 Å². The number of likely N-dealkylation sites (N-methyl/N-ethyl adjacent to an activating group) is 1. The third-order valence-corrected chi connectivity index (χ3v) is 6.57. The molecule has 11 heteroatoms. The number of carbonyl (C=O) groups is 5. The molecule has 2 bridgehead atoms. The Morgan fingerprint density at radius 2 is 1.27 bits per heavy atom. The van der Waals surface area contributed by atoms with Crippen LogP contribution in [0.4, 0.5) is 0 Å². The first-order valence-electron chi connectivity index (χ1n) is 12.7. The first kappa shape index (κ1) is 30.0. The van der Waals surface area contributed by atoms with Gasteiger partial charge in [0, 0.05) is 12.1 Å². The molecule has 0 aliphatic carbocycles. The van der Waals surface area contributed by atoms with E-state index in [0.717, 1.165) is 18.4 Å². The number of ether oxygens (including phenoxy) is 3. The second-order valence-corrected chi connectivity index (χ2v) is 9.09. The van der Waals surface area contributed by atoms with E-state index in [1.807, 2.05) is 6.92 Å². The van der Waals surface area contributed by atoms with E-state index in [0.29, 0.717) is 18.7 Å². The first-order valence-corrected chi connectivity index (χ1v) is 12.7. The minimum absolute atomic E-state index is 0.0253. The lowest BCUT2D eigenvalue weighted by molar-refractivity contribution is -0.166. The molecule has 0 saturated carbocycles. The fourth-order valence-corrected chi connectivity index (χ4v) is 4.50. The van der Waals surface area contributed by atoms with E-state index in [1.165, 1.54) is 55.0 Å². The van der Waals surface area contributed by atoms with Crippen molar-refractivity contribution in [3.05, 3.63) is 83.4 Å². The maximum Gasteiger partial charge on any atom is 0.349 e. The molecule has 0 spiro atoms. The molecule has 1 saturated heterocycles. The highest BCUT2D eigenvalue weighted by Crippen LogP contribution is 2.34. The van der Waals surface area contributed by atoms with Gasteiger partial charge >= 0.3 is 29.8 Å². The molecular weight excluding hydrogens is 522 g/mol. The monoisotopic (exact) mass is 553 g/mol. The van der Waals surface area contributed by atoms with Gasteiger partial charge < -0.3 is 24.4 Å². The molecule has 0 aromatic heterocycles. The summed E-state index contributed by atoms with van der Waals surface area (Å²) in [6, 6.07) is 15.8. The number of carbonyl (C=O) groups excluding carboxylic acids is 3. The molecule has 4 atom stereocenters. The number of nitrogens with zero attached hydrogens (tertiary/aromatic N) is 1. The number of esters is 3. The fraction of sp³-hybridized carbons (Fsp3) is 0.345. The summed E-state index contributed by atoms with van der Waals surface area (Å²) in [6.45, 7) is 2.32. The highest BCUT2D eigenvalue weighted by molar-refractivity contribution is 5.95. The van der Waals surface area contributed by atoms with Gasteiger partial charge in [0.1, 0.15) is 0 Å². The van der Waals surface area contributed by atoms with Crippen molar-refractivity contribution in [3.63, 3.8) is 0 Å². The van der Waals surface area contributed by atoms with E-state index in [-0.39, 0.29) is 17.1 Å². The van der Waals surface area contributed by atoms with Crippen molar-refractivity contribution < 1.29 is 48.4 Å². The largest absolute Gasteiger partial charge is 0.478 e. The Bertz CT molecular complexity index is 1170. The van der Waals surface area contributed by atoms with Gasteiger partial charge in [0.15, 0.2) is 0 Å². The number of carboxylic acid groups (broad SMARTS) is 2. The maximum atomic E-state index is 12.0. The SMILES string of the molecule is CCOC(=O)C1=CC[C@H]2CCC1N2C.O=C(O[C@H](C(=O)O)[C@H](OC(=O)c1ccccc1)C(=O)O)c1ccccc1. The van der Waals surface area contributed by atoms with Gasteiger partial charge in [-0.1, -0.05) is 42.5 Å². The predicted molar refractivity (Wildman–Crippen MR) is 140 cm³/mol. The van der Waals surface area contributed by atoms with Crippen molar-refractivity contribution in [1.29, 1.82) is 0 Å². The lowest BCUT2D eigenvalue weighted by atomic mass is 10.0. The lowest BCUT2D eigenvalue weighted by Crippen LogP contribution is -2.45.